The van der Waals surface area contributed by atoms with E-state index in [-0.39, 0.29) is 6.04 Å². The minimum atomic E-state index is 0.167. The van der Waals surface area contributed by atoms with Gasteiger partial charge in [0.05, 0.1) is 7.11 Å². The maximum Gasteiger partial charge on any atom is 0.119 e. The molecule has 1 atom stereocenters. The van der Waals surface area contributed by atoms with Gasteiger partial charge in [0, 0.05) is 6.04 Å². The molecule has 1 aromatic rings. The van der Waals surface area contributed by atoms with Crippen molar-refractivity contribution in [3.63, 3.8) is 0 Å². The van der Waals surface area contributed by atoms with Gasteiger partial charge in [0.15, 0.2) is 0 Å². The number of rotatable bonds is 8. The van der Waals surface area contributed by atoms with Crippen LogP contribution in [0.4, 0.5) is 0 Å². The molecule has 3 N–H and O–H groups in total. The van der Waals surface area contributed by atoms with Crippen molar-refractivity contribution in [3.05, 3.63) is 29.8 Å². The molecule has 0 spiro atoms. The van der Waals surface area contributed by atoms with Crippen LogP contribution in [0.2, 0.25) is 0 Å². The highest BCUT2D eigenvalue weighted by atomic mass is 16.5. The van der Waals surface area contributed by atoms with Crippen LogP contribution in [0.15, 0.2) is 24.3 Å². The largest absolute Gasteiger partial charge is 0.497 e. The van der Waals surface area contributed by atoms with E-state index in [1.807, 2.05) is 18.2 Å². The molecule has 1 rings (SSSR count). The van der Waals surface area contributed by atoms with Crippen LogP contribution in [-0.2, 0) is 0 Å². The van der Waals surface area contributed by atoms with Gasteiger partial charge in [0.2, 0.25) is 0 Å². The Kier molecular flexibility index (Phi) is 6.72. The van der Waals surface area contributed by atoms with E-state index >= 15 is 0 Å². The number of nitrogens with one attached hydrogen (secondary N) is 1. The Morgan fingerprint density at radius 2 is 2.06 bits per heavy atom. The van der Waals surface area contributed by atoms with Gasteiger partial charge in [0.25, 0.3) is 0 Å². The maximum atomic E-state index is 5.66. The number of nitrogens with two attached hydrogens (primary N) is 1. The highest BCUT2D eigenvalue weighted by Crippen LogP contribution is 2.21. The van der Waals surface area contributed by atoms with Gasteiger partial charge in [-0.15, -0.1) is 0 Å². The first-order chi connectivity index (χ1) is 8.74. The summed E-state index contributed by atoms with van der Waals surface area (Å²) in [6.07, 6.45) is 0.991. The van der Waals surface area contributed by atoms with Crippen LogP contribution >= 0.6 is 0 Å². The van der Waals surface area contributed by atoms with E-state index in [0.29, 0.717) is 0 Å². The topological polar surface area (TPSA) is 50.5 Å². The van der Waals surface area contributed by atoms with Crippen molar-refractivity contribution >= 4 is 0 Å². The molecule has 4 nitrogen and oxygen atoms in total. The molecule has 18 heavy (non-hydrogen) atoms. The highest BCUT2D eigenvalue weighted by Gasteiger charge is 2.11. The average molecular weight is 251 g/mol. The molecule has 0 aliphatic carbocycles. The zero-order chi connectivity index (χ0) is 13.4. The fourth-order valence-corrected chi connectivity index (χ4v) is 2.06. The lowest BCUT2D eigenvalue weighted by molar-refractivity contribution is 0.282. The molecule has 0 radical (unpaired) electrons. The number of nitrogens with zero attached hydrogens (tertiary/aromatic N) is 1. The van der Waals surface area contributed by atoms with Gasteiger partial charge in [-0.1, -0.05) is 26.0 Å². The SMILES string of the molecule is CCN(CC)CCC(NN)c1cccc(OC)c1. The van der Waals surface area contributed by atoms with Gasteiger partial charge < -0.3 is 9.64 Å². The van der Waals surface area contributed by atoms with Gasteiger partial charge in [-0.05, 0) is 43.8 Å². The van der Waals surface area contributed by atoms with Crippen LogP contribution in [0.5, 0.6) is 5.75 Å². The summed E-state index contributed by atoms with van der Waals surface area (Å²) in [7, 11) is 1.68. The fraction of sp³-hybridized carbons (Fsp3) is 0.571. The summed E-state index contributed by atoms with van der Waals surface area (Å²) in [4.78, 5) is 2.39. The summed E-state index contributed by atoms with van der Waals surface area (Å²) in [6, 6.07) is 8.22. The molecule has 0 amide bonds. The van der Waals surface area contributed by atoms with Crippen LogP contribution in [0, 0.1) is 0 Å². The van der Waals surface area contributed by atoms with E-state index in [0.717, 1.165) is 31.8 Å². The quantitative estimate of drug-likeness (QED) is 0.547. The Morgan fingerprint density at radius 1 is 1.33 bits per heavy atom. The number of hydrogen-bond acceptors (Lipinski definition) is 4. The van der Waals surface area contributed by atoms with E-state index in [9.17, 15) is 0 Å². The standard InChI is InChI=1S/C14H25N3O/c1-4-17(5-2)10-9-14(16-15)12-7-6-8-13(11-12)18-3/h6-8,11,14,16H,4-5,9-10,15H2,1-3H3. The molecule has 0 saturated carbocycles. The van der Waals surface area contributed by atoms with E-state index in [2.05, 4.69) is 30.2 Å². The number of methoxy groups -OCH3 is 1. The summed E-state index contributed by atoms with van der Waals surface area (Å²) < 4.78 is 5.24. The average Bonchev–Trinajstić information content (AvgIpc) is 2.44. The molecule has 0 bridgehead atoms. The number of hydrazine groups is 1. The molecule has 102 valence electrons. The van der Waals surface area contributed by atoms with Crippen LogP contribution < -0.4 is 16.0 Å². The summed E-state index contributed by atoms with van der Waals surface area (Å²) >= 11 is 0. The molecule has 1 unspecified atom stereocenters. The first-order valence-electron chi connectivity index (χ1n) is 6.57. The number of hydrogen-bond donors (Lipinski definition) is 2. The lowest BCUT2D eigenvalue weighted by Gasteiger charge is -2.22. The van der Waals surface area contributed by atoms with Crippen molar-refractivity contribution in [2.75, 3.05) is 26.7 Å². The van der Waals surface area contributed by atoms with E-state index in [4.69, 9.17) is 10.6 Å². The van der Waals surface area contributed by atoms with Crippen molar-refractivity contribution in [3.8, 4) is 5.75 Å². The zero-order valence-corrected chi connectivity index (χ0v) is 11.6. The Morgan fingerprint density at radius 3 is 2.61 bits per heavy atom. The summed E-state index contributed by atoms with van der Waals surface area (Å²) in [5.74, 6) is 6.53. The molecule has 0 aromatic heterocycles. The van der Waals surface area contributed by atoms with Gasteiger partial charge in [0.1, 0.15) is 5.75 Å². The van der Waals surface area contributed by atoms with Gasteiger partial charge >= 0.3 is 0 Å². The van der Waals surface area contributed by atoms with Crippen molar-refractivity contribution in [1.29, 1.82) is 0 Å². The van der Waals surface area contributed by atoms with Crippen molar-refractivity contribution in [1.82, 2.24) is 10.3 Å². The molecule has 1 aromatic carbocycles. The minimum absolute atomic E-state index is 0.167. The number of ether oxygens (including phenoxy) is 1. The second-order valence-corrected chi connectivity index (χ2v) is 4.31. The van der Waals surface area contributed by atoms with Crippen LogP contribution in [0.25, 0.3) is 0 Å². The second-order valence-electron chi connectivity index (χ2n) is 4.31. The molecule has 0 heterocycles. The molecular weight excluding hydrogens is 226 g/mol. The Labute approximate surface area is 110 Å². The Hall–Kier alpha value is -1.10. The number of benzene rings is 1. The van der Waals surface area contributed by atoms with E-state index in [1.165, 1.54) is 5.56 Å². The Balaban J connectivity index is 2.64. The molecular formula is C14H25N3O. The molecule has 0 fully saturated rings. The molecule has 0 aliphatic heterocycles. The monoisotopic (exact) mass is 251 g/mol. The zero-order valence-electron chi connectivity index (χ0n) is 11.6. The lowest BCUT2D eigenvalue weighted by atomic mass is 10.0. The van der Waals surface area contributed by atoms with Gasteiger partial charge in [-0.3, -0.25) is 11.3 Å². The first-order valence-corrected chi connectivity index (χ1v) is 6.57. The third-order valence-electron chi connectivity index (χ3n) is 3.33. The van der Waals surface area contributed by atoms with Crippen molar-refractivity contribution in [2.24, 2.45) is 5.84 Å². The van der Waals surface area contributed by atoms with E-state index in [1.54, 1.807) is 7.11 Å². The van der Waals surface area contributed by atoms with Crippen LogP contribution in [0.3, 0.4) is 0 Å². The lowest BCUT2D eigenvalue weighted by Crippen LogP contribution is -2.32. The van der Waals surface area contributed by atoms with Crippen molar-refractivity contribution < 1.29 is 4.74 Å². The van der Waals surface area contributed by atoms with E-state index < -0.39 is 0 Å². The predicted octanol–water partition coefficient (Wildman–Crippen LogP) is 1.93. The fourth-order valence-electron chi connectivity index (χ4n) is 2.06. The highest BCUT2D eigenvalue weighted by molar-refractivity contribution is 5.30. The van der Waals surface area contributed by atoms with Crippen LogP contribution in [0.1, 0.15) is 31.9 Å². The normalized spacial score (nSPS) is 12.7. The first kappa shape index (κ1) is 15.0. The molecule has 0 aliphatic rings. The van der Waals surface area contributed by atoms with Crippen molar-refractivity contribution in [2.45, 2.75) is 26.3 Å². The summed E-state index contributed by atoms with van der Waals surface area (Å²) in [5, 5.41) is 0. The maximum absolute atomic E-state index is 5.66. The predicted molar refractivity (Wildman–Crippen MR) is 75.5 cm³/mol. The summed E-state index contributed by atoms with van der Waals surface area (Å²) in [6.45, 7) is 7.55. The second kappa shape index (κ2) is 8.08. The summed E-state index contributed by atoms with van der Waals surface area (Å²) in [5.41, 5.74) is 4.06. The third kappa shape index (κ3) is 4.29. The molecule has 0 saturated heterocycles. The minimum Gasteiger partial charge on any atom is -0.497 e. The third-order valence-corrected chi connectivity index (χ3v) is 3.33. The molecule has 4 heteroatoms. The van der Waals surface area contributed by atoms with Crippen LogP contribution in [-0.4, -0.2) is 31.6 Å². The smallest absolute Gasteiger partial charge is 0.119 e. The van der Waals surface area contributed by atoms with Gasteiger partial charge in [-0.2, -0.15) is 0 Å². The Bertz CT molecular complexity index is 340. The van der Waals surface area contributed by atoms with Gasteiger partial charge in [-0.25, -0.2) is 0 Å².